The van der Waals surface area contributed by atoms with Crippen molar-refractivity contribution in [2.45, 2.75) is 32.1 Å². The molecule has 72 valence electrons. The molecule has 0 aromatic rings. The first-order chi connectivity index (χ1) is 5.91. The molecule has 1 nitrogen and oxygen atoms in total. The first kappa shape index (κ1) is 12.0. The van der Waals surface area contributed by atoms with Crippen molar-refractivity contribution >= 4 is 11.8 Å². The van der Waals surface area contributed by atoms with Crippen molar-refractivity contribution in [1.29, 1.82) is 0 Å². The van der Waals surface area contributed by atoms with Gasteiger partial charge in [0.25, 0.3) is 0 Å². The van der Waals surface area contributed by atoms with Crippen LogP contribution in [0.5, 0.6) is 0 Å². The van der Waals surface area contributed by atoms with Gasteiger partial charge >= 0.3 is 0 Å². The minimum Gasteiger partial charge on any atom is -0.330 e. The van der Waals surface area contributed by atoms with Crippen LogP contribution in [0.1, 0.15) is 32.1 Å². The fourth-order valence-electron chi connectivity index (χ4n) is 0.957. The van der Waals surface area contributed by atoms with Crippen molar-refractivity contribution in [3.05, 3.63) is 12.7 Å². The van der Waals surface area contributed by atoms with Crippen LogP contribution in [-0.4, -0.2) is 18.1 Å². The van der Waals surface area contributed by atoms with E-state index in [2.05, 4.69) is 6.58 Å². The third kappa shape index (κ3) is 10.0. The van der Waals surface area contributed by atoms with E-state index >= 15 is 0 Å². The molecule has 0 aliphatic carbocycles. The molecule has 0 aromatic carbocycles. The molecule has 0 bridgehead atoms. The second kappa shape index (κ2) is 11.1. The SMILES string of the molecule is C=CCCCCCSCCCN. The molecule has 0 unspecified atom stereocenters. The molecule has 0 amide bonds. The lowest BCUT2D eigenvalue weighted by atomic mass is 10.2. The summed E-state index contributed by atoms with van der Waals surface area (Å²) in [7, 11) is 0. The molecule has 0 aromatic heterocycles. The van der Waals surface area contributed by atoms with Crippen molar-refractivity contribution in [2.75, 3.05) is 18.1 Å². The van der Waals surface area contributed by atoms with Crippen molar-refractivity contribution in [3.8, 4) is 0 Å². The normalized spacial score (nSPS) is 10.1. The minimum atomic E-state index is 0.837. The number of thioether (sulfide) groups is 1. The molecule has 0 spiro atoms. The Bertz CT molecular complexity index is 93.8. The maximum Gasteiger partial charge on any atom is -0.00555 e. The molecule has 0 fully saturated rings. The first-order valence-electron chi connectivity index (χ1n) is 4.80. The average molecular weight is 187 g/mol. The van der Waals surface area contributed by atoms with Gasteiger partial charge in [-0.25, -0.2) is 0 Å². The molecule has 0 aliphatic rings. The molecule has 12 heavy (non-hydrogen) atoms. The summed E-state index contributed by atoms with van der Waals surface area (Å²) in [5.41, 5.74) is 5.38. The summed E-state index contributed by atoms with van der Waals surface area (Å²) in [6.07, 6.45) is 8.35. The van der Waals surface area contributed by atoms with Gasteiger partial charge in [-0.15, -0.1) is 6.58 Å². The van der Waals surface area contributed by atoms with E-state index in [-0.39, 0.29) is 0 Å². The predicted octanol–water partition coefficient (Wildman–Crippen LogP) is 2.81. The summed E-state index contributed by atoms with van der Waals surface area (Å²) in [4.78, 5) is 0. The zero-order chi connectivity index (χ0) is 9.07. The maximum atomic E-state index is 5.38. The van der Waals surface area contributed by atoms with Crippen LogP contribution in [0.25, 0.3) is 0 Å². The highest BCUT2D eigenvalue weighted by Crippen LogP contribution is 2.08. The van der Waals surface area contributed by atoms with Crippen LogP contribution in [0, 0.1) is 0 Å². The number of hydrogen-bond acceptors (Lipinski definition) is 2. The Morgan fingerprint density at radius 2 is 1.83 bits per heavy atom. The topological polar surface area (TPSA) is 26.0 Å². The third-order valence-corrected chi connectivity index (χ3v) is 2.84. The van der Waals surface area contributed by atoms with Gasteiger partial charge in [0.15, 0.2) is 0 Å². The Balaban J connectivity index is 2.77. The highest BCUT2D eigenvalue weighted by atomic mass is 32.2. The fraction of sp³-hybridized carbons (Fsp3) is 0.800. The summed E-state index contributed by atoms with van der Waals surface area (Å²) < 4.78 is 0. The van der Waals surface area contributed by atoms with Gasteiger partial charge in [-0.05, 0) is 43.7 Å². The standard InChI is InChI=1S/C10H21NS/c1-2-3-4-5-6-9-12-10-7-8-11/h2H,1,3-11H2. The van der Waals surface area contributed by atoms with Crippen LogP contribution < -0.4 is 5.73 Å². The van der Waals surface area contributed by atoms with E-state index < -0.39 is 0 Å². The molecular formula is C10H21NS. The second-order valence-electron chi connectivity index (χ2n) is 2.89. The van der Waals surface area contributed by atoms with E-state index in [9.17, 15) is 0 Å². The van der Waals surface area contributed by atoms with E-state index in [0.717, 1.165) is 13.0 Å². The summed E-state index contributed by atoms with van der Waals surface area (Å²) in [6.45, 7) is 4.54. The van der Waals surface area contributed by atoms with Crippen molar-refractivity contribution in [2.24, 2.45) is 5.73 Å². The van der Waals surface area contributed by atoms with Gasteiger partial charge in [-0.1, -0.05) is 12.5 Å². The summed E-state index contributed by atoms with van der Waals surface area (Å²) in [5, 5.41) is 0. The Kier molecular flexibility index (Phi) is 11.1. The predicted molar refractivity (Wildman–Crippen MR) is 59.7 cm³/mol. The van der Waals surface area contributed by atoms with Gasteiger partial charge in [-0.3, -0.25) is 0 Å². The van der Waals surface area contributed by atoms with E-state index in [1.807, 2.05) is 17.8 Å². The molecule has 0 rings (SSSR count). The van der Waals surface area contributed by atoms with E-state index in [0.29, 0.717) is 0 Å². The number of rotatable bonds is 9. The number of hydrogen-bond donors (Lipinski definition) is 1. The van der Waals surface area contributed by atoms with Crippen molar-refractivity contribution < 1.29 is 0 Å². The van der Waals surface area contributed by atoms with E-state index in [1.54, 1.807) is 0 Å². The Morgan fingerprint density at radius 1 is 1.08 bits per heavy atom. The summed E-state index contributed by atoms with van der Waals surface area (Å²) >= 11 is 2.03. The molecule has 2 N–H and O–H groups in total. The lowest BCUT2D eigenvalue weighted by Gasteiger charge is -1.99. The van der Waals surface area contributed by atoms with Crippen molar-refractivity contribution in [3.63, 3.8) is 0 Å². The van der Waals surface area contributed by atoms with Gasteiger partial charge in [0.05, 0.1) is 0 Å². The Morgan fingerprint density at radius 3 is 2.50 bits per heavy atom. The molecule has 0 atom stereocenters. The van der Waals surface area contributed by atoms with Gasteiger partial charge in [-0.2, -0.15) is 11.8 Å². The molecule has 0 saturated carbocycles. The van der Waals surface area contributed by atoms with Crippen LogP contribution in [-0.2, 0) is 0 Å². The molecular weight excluding hydrogens is 166 g/mol. The molecule has 2 heteroatoms. The van der Waals surface area contributed by atoms with Crippen LogP contribution in [0.2, 0.25) is 0 Å². The summed E-state index contributed by atoms with van der Waals surface area (Å²) in [6, 6.07) is 0. The van der Waals surface area contributed by atoms with E-state index in [1.165, 1.54) is 37.2 Å². The van der Waals surface area contributed by atoms with Gasteiger partial charge < -0.3 is 5.73 Å². The number of allylic oxidation sites excluding steroid dienone is 1. The number of nitrogens with two attached hydrogens (primary N) is 1. The van der Waals surface area contributed by atoms with Gasteiger partial charge in [0.1, 0.15) is 0 Å². The van der Waals surface area contributed by atoms with Crippen molar-refractivity contribution in [1.82, 2.24) is 0 Å². The van der Waals surface area contributed by atoms with Crippen LogP contribution >= 0.6 is 11.8 Å². The molecule has 0 aliphatic heterocycles. The smallest absolute Gasteiger partial charge is 0.00555 e. The zero-order valence-corrected chi connectivity index (χ0v) is 8.74. The van der Waals surface area contributed by atoms with Gasteiger partial charge in [0, 0.05) is 0 Å². The van der Waals surface area contributed by atoms with E-state index in [4.69, 9.17) is 5.73 Å². The molecule has 0 heterocycles. The Labute approximate surface area is 80.8 Å². The van der Waals surface area contributed by atoms with Gasteiger partial charge in [0.2, 0.25) is 0 Å². The lowest BCUT2D eigenvalue weighted by molar-refractivity contribution is 0.735. The molecule has 0 radical (unpaired) electrons. The lowest BCUT2D eigenvalue weighted by Crippen LogP contribution is -1.99. The minimum absolute atomic E-state index is 0.837. The average Bonchev–Trinajstić information content (AvgIpc) is 2.10. The second-order valence-corrected chi connectivity index (χ2v) is 4.12. The highest BCUT2D eigenvalue weighted by Gasteiger charge is 1.89. The number of unbranched alkanes of at least 4 members (excludes halogenated alkanes) is 3. The largest absolute Gasteiger partial charge is 0.330 e. The highest BCUT2D eigenvalue weighted by molar-refractivity contribution is 7.99. The molecule has 0 saturated heterocycles. The monoisotopic (exact) mass is 187 g/mol. The quantitative estimate of drug-likeness (QED) is 0.444. The third-order valence-electron chi connectivity index (χ3n) is 1.69. The maximum absolute atomic E-state index is 5.38. The van der Waals surface area contributed by atoms with Crippen LogP contribution in [0.3, 0.4) is 0 Å². The summed E-state index contributed by atoms with van der Waals surface area (Å²) in [5.74, 6) is 2.54. The van der Waals surface area contributed by atoms with Crippen LogP contribution in [0.15, 0.2) is 12.7 Å². The first-order valence-corrected chi connectivity index (χ1v) is 5.96. The fourth-order valence-corrected chi connectivity index (χ4v) is 1.94. The zero-order valence-electron chi connectivity index (χ0n) is 7.93. The Hall–Kier alpha value is 0.0500. The van der Waals surface area contributed by atoms with Crippen LogP contribution in [0.4, 0.5) is 0 Å².